The Labute approximate surface area is 161 Å². The zero-order valence-corrected chi connectivity index (χ0v) is 16.8. The maximum absolute atomic E-state index is 12.3. The van der Waals surface area contributed by atoms with Gasteiger partial charge in [-0.3, -0.25) is 9.89 Å². The molecule has 1 heterocycles. The van der Waals surface area contributed by atoms with E-state index in [1.54, 1.807) is 4.90 Å². The first-order valence-electron chi connectivity index (χ1n) is 8.62. The Morgan fingerprint density at radius 1 is 1.32 bits per heavy atom. The standard InChI is InChI=1S/C18H23BrN4OS/c1-23(11-14-6-8-15(19)9-7-14)17(24)12-25-18-20-16(21-22-18)10-13-4-2-3-5-13/h6-9,13H,2-5,10-12H2,1H3,(H,20,21,22). The number of carbonyl (C=O) groups is 1. The molecule has 0 saturated heterocycles. The van der Waals surface area contributed by atoms with Gasteiger partial charge in [-0.2, -0.15) is 0 Å². The number of aromatic nitrogens is 3. The SMILES string of the molecule is CN(Cc1ccc(Br)cc1)C(=O)CSc1n[nH]c(CC2CCCC2)n1. The number of nitrogens with zero attached hydrogens (tertiary/aromatic N) is 3. The number of aromatic amines is 1. The maximum Gasteiger partial charge on any atom is 0.233 e. The lowest BCUT2D eigenvalue weighted by Gasteiger charge is -2.16. The molecule has 0 spiro atoms. The predicted octanol–water partition coefficient (Wildman–Crippen LogP) is 4.05. The molecule has 1 aliphatic rings. The number of H-pyrrole nitrogens is 1. The third kappa shape index (κ3) is 5.57. The van der Waals surface area contributed by atoms with Crippen LogP contribution in [0.15, 0.2) is 33.9 Å². The van der Waals surface area contributed by atoms with Gasteiger partial charge in [-0.15, -0.1) is 5.10 Å². The van der Waals surface area contributed by atoms with E-state index >= 15 is 0 Å². The summed E-state index contributed by atoms with van der Waals surface area (Å²) in [4.78, 5) is 18.6. The average Bonchev–Trinajstić information content (AvgIpc) is 3.27. The normalized spacial score (nSPS) is 14.8. The van der Waals surface area contributed by atoms with Crippen molar-refractivity contribution < 1.29 is 4.79 Å². The Bertz CT molecular complexity index is 697. The fourth-order valence-electron chi connectivity index (χ4n) is 3.11. The fourth-order valence-corrected chi connectivity index (χ4v) is 4.13. The molecule has 1 aliphatic carbocycles. The van der Waals surface area contributed by atoms with Crippen LogP contribution in [0.3, 0.4) is 0 Å². The minimum absolute atomic E-state index is 0.0788. The molecule has 0 bridgehead atoms. The number of nitrogens with one attached hydrogen (secondary N) is 1. The van der Waals surface area contributed by atoms with Crippen molar-refractivity contribution in [1.29, 1.82) is 0 Å². The number of carbonyl (C=O) groups excluding carboxylic acids is 1. The van der Waals surface area contributed by atoms with Gasteiger partial charge in [-0.1, -0.05) is 65.5 Å². The molecule has 7 heteroatoms. The van der Waals surface area contributed by atoms with E-state index in [4.69, 9.17) is 0 Å². The molecule has 1 aromatic heterocycles. The molecule has 2 aromatic rings. The number of hydrogen-bond donors (Lipinski definition) is 1. The second-order valence-corrected chi connectivity index (χ2v) is 8.44. The van der Waals surface area contributed by atoms with Crippen LogP contribution in [-0.2, 0) is 17.8 Å². The molecule has 0 atom stereocenters. The van der Waals surface area contributed by atoms with E-state index in [9.17, 15) is 4.79 Å². The highest BCUT2D eigenvalue weighted by Gasteiger charge is 2.18. The summed E-state index contributed by atoms with van der Waals surface area (Å²) in [7, 11) is 1.83. The van der Waals surface area contributed by atoms with Crippen molar-refractivity contribution in [1.82, 2.24) is 20.1 Å². The van der Waals surface area contributed by atoms with E-state index in [1.807, 2.05) is 31.3 Å². The van der Waals surface area contributed by atoms with Gasteiger partial charge < -0.3 is 4.90 Å². The van der Waals surface area contributed by atoms with Crippen LogP contribution in [0.25, 0.3) is 0 Å². The number of hydrogen-bond acceptors (Lipinski definition) is 4. The van der Waals surface area contributed by atoms with Crippen LogP contribution in [0.1, 0.15) is 37.1 Å². The van der Waals surface area contributed by atoms with E-state index in [2.05, 4.69) is 31.1 Å². The number of rotatable bonds is 7. The monoisotopic (exact) mass is 422 g/mol. The second kappa shape index (κ2) is 8.85. The average molecular weight is 423 g/mol. The number of halogens is 1. The summed E-state index contributed by atoms with van der Waals surface area (Å²) in [5.41, 5.74) is 1.11. The zero-order chi connectivity index (χ0) is 17.6. The van der Waals surface area contributed by atoms with Gasteiger partial charge in [-0.25, -0.2) is 4.98 Å². The van der Waals surface area contributed by atoms with Crippen molar-refractivity contribution >= 4 is 33.6 Å². The van der Waals surface area contributed by atoms with E-state index in [-0.39, 0.29) is 5.91 Å². The van der Waals surface area contributed by atoms with Crippen molar-refractivity contribution in [2.24, 2.45) is 5.92 Å². The first kappa shape index (κ1) is 18.5. The largest absolute Gasteiger partial charge is 0.341 e. The van der Waals surface area contributed by atoms with Gasteiger partial charge in [-0.05, 0) is 23.6 Å². The third-order valence-corrected chi connectivity index (χ3v) is 5.91. The van der Waals surface area contributed by atoms with Gasteiger partial charge in [0.05, 0.1) is 5.75 Å². The molecular weight excluding hydrogens is 400 g/mol. The van der Waals surface area contributed by atoms with Crippen LogP contribution in [0.2, 0.25) is 0 Å². The van der Waals surface area contributed by atoms with Crippen molar-refractivity contribution in [3.63, 3.8) is 0 Å². The molecule has 1 N–H and O–H groups in total. The van der Waals surface area contributed by atoms with Crippen LogP contribution in [0.4, 0.5) is 0 Å². The summed E-state index contributed by atoms with van der Waals surface area (Å²) >= 11 is 4.82. The first-order valence-corrected chi connectivity index (χ1v) is 10.4. The molecule has 134 valence electrons. The van der Waals surface area contributed by atoms with E-state index < -0.39 is 0 Å². The molecule has 1 fully saturated rings. The van der Waals surface area contributed by atoms with E-state index in [0.29, 0.717) is 17.5 Å². The minimum atomic E-state index is 0.0788. The van der Waals surface area contributed by atoms with Crippen molar-refractivity contribution in [2.75, 3.05) is 12.8 Å². The van der Waals surface area contributed by atoms with Crippen LogP contribution in [0, 0.1) is 5.92 Å². The van der Waals surface area contributed by atoms with Gasteiger partial charge in [0, 0.05) is 24.5 Å². The van der Waals surface area contributed by atoms with Gasteiger partial charge in [0.2, 0.25) is 11.1 Å². The summed E-state index contributed by atoms with van der Waals surface area (Å²) in [6.07, 6.45) is 6.23. The summed E-state index contributed by atoms with van der Waals surface area (Å²) in [6.45, 7) is 0.605. The molecule has 1 saturated carbocycles. The lowest BCUT2D eigenvalue weighted by atomic mass is 10.0. The summed E-state index contributed by atoms with van der Waals surface area (Å²) < 4.78 is 1.04. The van der Waals surface area contributed by atoms with Gasteiger partial charge >= 0.3 is 0 Å². The third-order valence-electron chi connectivity index (χ3n) is 4.55. The highest BCUT2D eigenvalue weighted by molar-refractivity contribution is 9.10. The lowest BCUT2D eigenvalue weighted by Crippen LogP contribution is -2.27. The minimum Gasteiger partial charge on any atom is -0.341 e. The van der Waals surface area contributed by atoms with Gasteiger partial charge in [0.15, 0.2) is 0 Å². The van der Waals surface area contributed by atoms with Crippen molar-refractivity contribution in [3.8, 4) is 0 Å². The smallest absolute Gasteiger partial charge is 0.233 e. The second-order valence-electron chi connectivity index (χ2n) is 6.58. The molecule has 1 amide bonds. The molecule has 3 rings (SSSR count). The van der Waals surface area contributed by atoms with E-state index in [0.717, 1.165) is 28.2 Å². The van der Waals surface area contributed by atoms with Crippen molar-refractivity contribution in [3.05, 3.63) is 40.1 Å². The highest BCUT2D eigenvalue weighted by atomic mass is 79.9. The van der Waals surface area contributed by atoms with E-state index in [1.165, 1.54) is 37.4 Å². The quantitative estimate of drug-likeness (QED) is 0.683. The summed E-state index contributed by atoms with van der Waals surface area (Å²) in [6, 6.07) is 8.01. The molecule has 5 nitrogen and oxygen atoms in total. The Morgan fingerprint density at radius 3 is 2.76 bits per heavy atom. The first-order chi connectivity index (χ1) is 12.1. The number of amides is 1. The van der Waals surface area contributed by atoms with Crippen LogP contribution < -0.4 is 0 Å². The number of thioether (sulfide) groups is 1. The van der Waals surface area contributed by atoms with Crippen LogP contribution in [-0.4, -0.2) is 38.8 Å². The molecule has 0 aliphatic heterocycles. The molecule has 25 heavy (non-hydrogen) atoms. The van der Waals surface area contributed by atoms with Crippen LogP contribution in [0.5, 0.6) is 0 Å². The lowest BCUT2D eigenvalue weighted by molar-refractivity contribution is -0.127. The Morgan fingerprint density at radius 2 is 2.04 bits per heavy atom. The zero-order valence-electron chi connectivity index (χ0n) is 14.4. The predicted molar refractivity (Wildman–Crippen MR) is 103 cm³/mol. The molecule has 0 radical (unpaired) electrons. The summed E-state index contributed by atoms with van der Waals surface area (Å²) in [5.74, 6) is 2.12. The van der Waals surface area contributed by atoms with Crippen molar-refractivity contribution in [2.45, 2.75) is 43.8 Å². The fraction of sp³-hybridized carbons (Fsp3) is 0.500. The Kier molecular flexibility index (Phi) is 6.53. The Balaban J connectivity index is 1.45. The maximum atomic E-state index is 12.3. The number of benzene rings is 1. The van der Waals surface area contributed by atoms with Gasteiger partial charge in [0.25, 0.3) is 0 Å². The van der Waals surface area contributed by atoms with Crippen LogP contribution >= 0.6 is 27.7 Å². The molecular formula is C18H23BrN4OS. The topological polar surface area (TPSA) is 61.9 Å². The Hall–Kier alpha value is -1.34. The van der Waals surface area contributed by atoms with Gasteiger partial charge in [0.1, 0.15) is 5.82 Å². The summed E-state index contributed by atoms with van der Waals surface area (Å²) in [5, 5.41) is 7.92. The highest BCUT2D eigenvalue weighted by Crippen LogP contribution is 2.27. The molecule has 0 unspecified atom stereocenters. The molecule has 1 aromatic carbocycles.